The highest BCUT2D eigenvalue weighted by molar-refractivity contribution is 7.09. The van der Waals surface area contributed by atoms with Gasteiger partial charge in [0.05, 0.1) is 4.92 Å². The summed E-state index contributed by atoms with van der Waals surface area (Å²) in [4.78, 5) is 26.7. The van der Waals surface area contributed by atoms with E-state index in [1.165, 1.54) is 10.9 Å². The quantitative estimate of drug-likeness (QED) is 0.631. The van der Waals surface area contributed by atoms with Crippen molar-refractivity contribution in [3.63, 3.8) is 0 Å². The highest BCUT2D eigenvalue weighted by Gasteiger charge is 2.24. The number of anilines is 1. The van der Waals surface area contributed by atoms with Crippen molar-refractivity contribution in [2.45, 2.75) is 32.2 Å². The van der Waals surface area contributed by atoms with Crippen molar-refractivity contribution in [2.24, 2.45) is 0 Å². The molecule has 132 valence electrons. The Labute approximate surface area is 150 Å². The second-order valence-electron chi connectivity index (χ2n) is 6.31. The Morgan fingerprint density at radius 1 is 1.36 bits per heavy atom. The van der Waals surface area contributed by atoms with Crippen LogP contribution < -0.4 is 10.2 Å². The Balaban J connectivity index is 1.73. The molecule has 0 saturated carbocycles. The summed E-state index contributed by atoms with van der Waals surface area (Å²) in [6.07, 6.45) is 2.83. The van der Waals surface area contributed by atoms with E-state index in [4.69, 9.17) is 0 Å². The Kier molecular flexibility index (Phi) is 5.33. The molecule has 2 aromatic rings. The highest BCUT2D eigenvalue weighted by atomic mass is 32.1. The summed E-state index contributed by atoms with van der Waals surface area (Å²) in [5.41, 5.74) is 0.929. The number of nitro groups is 1. The topological polar surface area (TPSA) is 75.5 Å². The van der Waals surface area contributed by atoms with Gasteiger partial charge in [0.15, 0.2) is 0 Å². The van der Waals surface area contributed by atoms with Gasteiger partial charge in [-0.25, -0.2) is 0 Å². The fourth-order valence-corrected chi connectivity index (χ4v) is 3.96. The normalized spacial score (nSPS) is 15.2. The lowest BCUT2D eigenvalue weighted by Gasteiger charge is -2.18. The third kappa shape index (κ3) is 4.17. The first-order valence-corrected chi connectivity index (χ1v) is 9.29. The molecule has 1 aromatic heterocycles. The molecular weight excluding hydrogens is 338 g/mol. The molecule has 1 aliphatic heterocycles. The molecule has 25 heavy (non-hydrogen) atoms. The second-order valence-corrected chi connectivity index (χ2v) is 7.35. The molecule has 2 heterocycles. The number of benzene rings is 1. The molecule has 0 spiro atoms. The standard InChI is InChI=1S/C18H21N3O3S/c1-13(11-15-5-4-10-25-15)19-18(22)14-6-7-16(17(12-14)21(23)24)20-8-2-3-9-20/h4-7,10,12-13H,2-3,8-9,11H2,1H3,(H,19,22)/t13-/m1/s1. The molecular formula is C18H21N3O3S. The Morgan fingerprint density at radius 2 is 2.12 bits per heavy atom. The molecule has 1 atom stereocenters. The molecule has 6 nitrogen and oxygen atoms in total. The first-order valence-electron chi connectivity index (χ1n) is 8.41. The van der Waals surface area contributed by atoms with E-state index in [0.29, 0.717) is 11.3 Å². The van der Waals surface area contributed by atoms with E-state index in [9.17, 15) is 14.9 Å². The van der Waals surface area contributed by atoms with Crippen LogP contribution in [0.5, 0.6) is 0 Å². The number of carbonyl (C=O) groups is 1. The fourth-order valence-electron chi connectivity index (χ4n) is 3.13. The SMILES string of the molecule is C[C@H](Cc1cccs1)NC(=O)c1ccc(N2CCCC2)c([N+](=O)[O-])c1. The van der Waals surface area contributed by atoms with Crippen LogP contribution >= 0.6 is 11.3 Å². The zero-order valence-corrected chi connectivity index (χ0v) is 14.9. The number of nitrogens with one attached hydrogen (secondary N) is 1. The molecule has 3 rings (SSSR count). The van der Waals surface area contributed by atoms with Gasteiger partial charge in [0.2, 0.25) is 0 Å². The summed E-state index contributed by atoms with van der Waals surface area (Å²) in [6.45, 7) is 3.58. The number of carbonyl (C=O) groups excluding carboxylic acids is 1. The predicted molar refractivity (Wildman–Crippen MR) is 99.5 cm³/mol. The van der Waals surface area contributed by atoms with Crippen LogP contribution in [-0.2, 0) is 6.42 Å². The van der Waals surface area contributed by atoms with Gasteiger partial charge in [-0.05, 0) is 43.3 Å². The van der Waals surface area contributed by atoms with E-state index in [-0.39, 0.29) is 17.6 Å². The van der Waals surface area contributed by atoms with Gasteiger partial charge in [-0.2, -0.15) is 0 Å². The third-order valence-corrected chi connectivity index (χ3v) is 5.24. The Morgan fingerprint density at radius 3 is 2.76 bits per heavy atom. The number of nitrogens with zero attached hydrogens (tertiary/aromatic N) is 2. The number of rotatable bonds is 6. The molecule has 0 aliphatic carbocycles. The van der Waals surface area contributed by atoms with Crippen molar-refractivity contribution in [1.82, 2.24) is 5.32 Å². The lowest BCUT2D eigenvalue weighted by atomic mass is 10.1. The van der Waals surface area contributed by atoms with Gasteiger partial charge in [0, 0.05) is 42.1 Å². The fraction of sp³-hybridized carbons (Fsp3) is 0.389. The Bertz CT molecular complexity index is 755. The Hall–Kier alpha value is -2.41. The first kappa shape index (κ1) is 17.4. The van der Waals surface area contributed by atoms with E-state index in [1.807, 2.05) is 29.3 Å². The minimum Gasteiger partial charge on any atom is -0.366 e. The molecule has 1 saturated heterocycles. The molecule has 0 radical (unpaired) electrons. The van der Waals surface area contributed by atoms with Crippen LogP contribution in [-0.4, -0.2) is 30.0 Å². The average Bonchev–Trinajstić information content (AvgIpc) is 3.27. The van der Waals surface area contributed by atoms with Gasteiger partial charge < -0.3 is 10.2 Å². The van der Waals surface area contributed by atoms with Crippen LogP contribution in [0.1, 0.15) is 35.0 Å². The largest absolute Gasteiger partial charge is 0.366 e. The van der Waals surface area contributed by atoms with Crippen LogP contribution in [0.3, 0.4) is 0 Å². The zero-order valence-electron chi connectivity index (χ0n) is 14.1. The van der Waals surface area contributed by atoms with Crippen LogP contribution in [0, 0.1) is 10.1 Å². The lowest BCUT2D eigenvalue weighted by Crippen LogP contribution is -2.34. The third-order valence-electron chi connectivity index (χ3n) is 4.35. The van der Waals surface area contributed by atoms with Crippen molar-refractivity contribution in [1.29, 1.82) is 0 Å². The van der Waals surface area contributed by atoms with Crippen LogP contribution in [0.25, 0.3) is 0 Å². The number of thiophene rings is 1. The van der Waals surface area contributed by atoms with E-state index >= 15 is 0 Å². The highest BCUT2D eigenvalue weighted by Crippen LogP contribution is 2.31. The van der Waals surface area contributed by atoms with E-state index in [1.54, 1.807) is 23.5 Å². The summed E-state index contributed by atoms with van der Waals surface area (Å²) in [5, 5.41) is 16.4. The van der Waals surface area contributed by atoms with E-state index in [0.717, 1.165) is 32.4 Å². The number of hydrogen-bond donors (Lipinski definition) is 1. The smallest absolute Gasteiger partial charge is 0.293 e. The molecule has 0 bridgehead atoms. The van der Waals surface area contributed by atoms with Crippen LogP contribution in [0.15, 0.2) is 35.7 Å². The zero-order chi connectivity index (χ0) is 17.8. The molecule has 1 fully saturated rings. The minimum atomic E-state index is -0.403. The number of amides is 1. The average molecular weight is 359 g/mol. The molecule has 1 aliphatic rings. The minimum absolute atomic E-state index is 0.000426. The second kappa shape index (κ2) is 7.65. The van der Waals surface area contributed by atoms with Gasteiger partial charge in [0.1, 0.15) is 5.69 Å². The van der Waals surface area contributed by atoms with Gasteiger partial charge in [-0.15, -0.1) is 11.3 Å². The first-order chi connectivity index (χ1) is 12.0. The maximum atomic E-state index is 12.4. The van der Waals surface area contributed by atoms with E-state index in [2.05, 4.69) is 5.32 Å². The molecule has 7 heteroatoms. The van der Waals surface area contributed by atoms with Crippen LogP contribution in [0.2, 0.25) is 0 Å². The maximum Gasteiger partial charge on any atom is 0.293 e. The predicted octanol–water partition coefficient (Wildman–Crippen LogP) is 3.62. The van der Waals surface area contributed by atoms with Crippen molar-refractivity contribution < 1.29 is 9.72 Å². The molecule has 0 unspecified atom stereocenters. The van der Waals surface area contributed by atoms with Crippen molar-refractivity contribution in [2.75, 3.05) is 18.0 Å². The summed E-state index contributed by atoms with van der Waals surface area (Å²) >= 11 is 1.65. The molecule has 1 N–H and O–H groups in total. The number of nitro benzene ring substituents is 1. The maximum absolute atomic E-state index is 12.4. The van der Waals surface area contributed by atoms with Gasteiger partial charge in [-0.1, -0.05) is 6.07 Å². The summed E-state index contributed by atoms with van der Waals surface area (Å²) < 4.78 is 0. The lowest BCUT2D eigenvalue weighted by molar-refractivity contribution is -0.384. The summed E-state index contributed by atoms with van der Waals surface area (Å²) in [5.74, 6) is -0.278. The molecule has 1 aromatic carbocycles. The van der Waals surface area contributed by atoms with Crippen molar-refractivity contribution in [3.05, 3.63) is 56.3 Å². The van der Waals surface area contributed by atoms with Gasteiger partial charge >= 0.3 is 0 Å². The van der Waals surface area contributed by atoms with Crippen molar-refractivity contribution >= 4 is 28.6 Å². The van der Waals surface area contributed by atoms with Gasteiger partial charge in [0.25, 0.3) is 11.6 Å². The number of hydrogen-bond acceptors (Lipinski definition) is 5. The van der Waals surface area contributed by atoms with Gasteiger partial charge in [-0.3, -0.25) is 14.9 Å². The summed E-state index contributed by atoms with van der Waals surface area (Å²) in [6, 6.07) is 8.73. The van der Waals surface area contributed by atoms with E-state index < -0.39 is 4.92 Å². The monoisotopic (exact) mass is 359 g/mol. The summed E-state index contributed by atoms with van der Waals surface area (Å²) in [7, 11) is 0. The van der Waals surface area contributed by atoms with Crippen LogP contribution in [0.4, 0.5) is 11.4 Å². The van der Waals surface area contributed by atoms with Crippen molar-refractivity contribution in [3.8, 4) is 0 Å². The molecule has 1 amide bonds.